The number of carbonyl (C=O) groups excluding carboxylic acids is 2. The summed E-state index contributed by atoms with van der Waals surface area (Å²) in [6, 6.07) is 14.5. The summed E-state index contributed by atoms with van der Waals surface area (Å²) in [6.45, 7) is 4.47. The number of hydrogen-bond donors (Lipinski definition) is 0. The van der Waals surface area contributed by atoms with Gasteiger partial charge in [0.1, 0.15) is 6.61 Å². The molecule has 0 fully saturated rings. The molecule has 1 unspecified atom stereocenters. The molecule has 4 rings (SSSR count). The first kappa shape index (κ1) is 26.3. The van der Waals surface area contributed by atoms with Crippen LogP contribution < -0.4 is 9.47 Å². The van der Waals surface area contributed by atoms with Crippen LogP contribution in [-0.2, 0) is 20.9 Å². The quantitative estimate of drug-likeness (QED) is 0.435. The number of methoxy groups -OCH3 is 2. The number of amidine groups is 1. The molecule has 2 aromatic carbocycles. The summed E-state index contributed by atoms with van der Waals surface area (Å²) in [4.78, 5) is 34.9. The van der Waals surface area contributed by atoms with Crippen molar-refractivity contribution in [1.29, 1.82) is 0 Å². The average Bonchev–Trinajstić information content (AvgIpc) is 3.31. The van der Waals surface area contributed by atoms with E-state index in [9.17, 15) is 9.59 Å². The van der Waals surface area contributed by atoms with Crippen molar-refractivity contribution in [2.24, 2.45) is 4.99 Å². The van der Waals surface area contributed by atoms with Gasteiger partial charge in [0.05, 0.1) is 38.0 Å². The van der Waals surface area contributed by atoms with Crippen molar-refractivity contribution in [3.05, 3.63) is 82.0 Å². The summed E-state index contributed by atoms with van der Waals surface area (Å²) in [5.41, 5.74) is 3.29. The molecule has 2 aromatic rings. The molecule has 0 aromatic heterocycles. The number of carbonyl (C=O) groups is 2. The average molecular weight is 522 g/mol. The molecule has 0 N–H and O–H groups in total. The van der Waals surface area contributed by atoms with E-state index < -0.39 is 12.0 Å². The van der Waals surface area contributed by atoms with Gasteiger partial charge in [-0.15, -0.1) is 0 Å². The Kier molecular flexibility index (Phi) is 8.23. The van der Waals surface area contributed by atoms with E-state index >= 15 is 0 Å². The highest BCUT2D eigenvalue weighted by atomic mass is 32.2. The summed E-state index contributed by atoms with van der Waals surface area (Å²) in [6.07, 6.45) is 0.171. The van der Waals surface area contributed by atoms with Gasteiger partial charge in [-0.2, -0.15) is 0 Å². The van der Waals surface area contributed by atoms with Crippen LogP contribution in [0.1, 0.15) is 37.4 Å². The predicted octanol–water partition coefficient (Wildman–Crippen LogP) is 4.89. The van der Waals surface area contributed by atoms with Crippen LogP contribution in [0.5, 0.6) is 11.5 Å². The maximum Gasteiger partial charge on any atom is 0.338 e. The summed E-state index contributed by atoms with van der Waals surface area (Å²) in [5.74, 6) is 0.544. The monoisotopic (exact) mass is 521 g/mol. The van der Waals surface area contributed by atoms with E-state index in [1.807, 2.05) is 59.7 Å². The molecule has 0 saturated carbocycles. The zero-order valence-corrected chi connectivity index (χ0v) is 22.5. The maximum absolute atomic E-state index is 13.6. The van der Waals surface area contributed by atoms with Gasteiger partial charge in [-0.1, -0.05) is 54.2 Å². The van der Waals surface area contributed by atoms with Crippen LogP contribution in [0.2, 0.25) is 0 Å². The van der Waals surface area contributed by atoms with Crippen molar-refractivity contribution < 1.29 is 23.8 Å². The molecule has 8 nitrogen and oxygen atoms in total. The molecule has 0 spiro atoms. The van der Waals surface area contributed by atoms with Crippen LogP contribution in [0, 0.1) is 0 Å². The molecule has 1 amide bonds. The molecular weight excluding hydrogens is 490 g/mol. The fraction of sp³-hybridized carbons (Fsp3) is 0.321. The molecule has 0 aliphatic carbocycles. The predicted molar refractivity (Wildman–Crippen MR) is 144 cm³/mol. The fourth-order valence-electron chi connectivity index (χ4n) is 4.32. The van der Waals surface area contributed by atoms with E-state index in [0.717, 1.165) is 11.3 Å². The third kappa shape index (κ3) is 5.36. The Morgan fingerprint density at radius 2 is 1.84 bits per heavy atom. The van der Waals surface area contributed by atoms with Gasteiger partial charge in [-0.25, -0.2) is 9.79 Å². The number of thioether (sulfide) groups is 1. The van der Waals surface area contributed by atoms with Crippen LogP contribution in [-0.4, -0.2) is 54.7 Å². The maximum atomic E-state index is 13.6. The Morgan fingerprint density at radius 1 is 1.08 bits per heavy atom. The van der Waals surface area contributed by atoms with Crippen molar-refractivity contribution in [1.82, 2.24) is 9.80 Å². The van der Waals surface area contributed by atoms with E-state index in [1.54, 1.807) is 39.2 Å². The zero-order chi connectivity index (χ0) is 26.5. The van der Waals surface area contributed by atoms with Gasteiger partial charge in [0, 0.05) is 24.9 Å². The number of fused-ring (bicyclic) bond motifs is 1. The Balaban J connectivity index is 1.78. The molecule has 2 heterocycles. The first-order chi connectivity index (χ1) is 17.9. The number of rotatable bonds is 9. The first-order valence-corrected chi connectivity index (χ1v) is 12.9. The molecule has 2 aliphatic rings. The van der Waals surface area contributed by atoms with Crippen molar-refractivity contribution in [3.8, 4) is 11.5 Å². The lowest BCUT2D eigenvalue weighted by Crippen LogP contribution is -2.38. The van der Waals surface area contributed by atoms with Crippen molar-refractivity contribution >= 4 is 28.8 Å². The Labute approximate surface area is 221 Å². The highest BCUT2D eigenvalue weighted by Gasteiger charge is 2.43. The summed E-state index contributed by atoms with van der Waals surface area (Å²) in [5, 5.41) is 2.61. The summed E-state index contributed by atoms with van der Waals surface area (Å²) < 4.78 is 17.1. The molecule has 37 heavy (non-hydrogen) atoms. The van der Waals surface area contributed by atoms with Crippen molar-refractivity contribution in [2.45, 2.75) is 32.9 Å². The SMILES string of the molecule is CCN(C)C(=O)CC1=CSC2=NC(C)=C(C(=O)OCc3ccccc3)C(c3cccc(OC)c3OC)N12. The number of allylic oxidation sites excluding steroid dienone is 1. The lowest BCUT2D eigenvalue weighted by molar-refractivity contribution is -0.141. The number of ether oxygens (including phenoxy) is 3. The standard InChI is InChI=1S/C28H31N3O5S/c1-6-30(3)23(32)15-20-17-37-28-29-18(2)24(27(33)36-16-19-11-8-7-9-12-19)25(31(20)28)21-13-10-14-22(34-4)26(21)35-5/h7-14,17,25H,6,15-16H2,1-5H3. The van der Waals surface area contributed by atoms with Crippen LogP contribution in [0.15, 0.2) is 75.9 Å². The van der Waals surface area contributed by atoms with E-state index in [2.05, 4.69) is 0 Å². The Hall–Kier alpha value is -3.72. The number of hydrogen-bond acceptors (Lipinski definition) is 8. The third-order valence-corrected chi connectivity index (χ3v) is 7.28. The van der Waals surface area contributed by atoms with Crippen molar-refractivity contribution in [3.63, 3.8) is 0 Å². The van der Waals surface area contributed by atoms with E-state index in [-0.39, 0.29) is 18.9 Å². The Morgan fingerprint density at radius 3 is 2.51 bits per heavy atom. The molecule has 1 atom stereocenters. The summed E-state index contributed by atoms with van der Waals surface area (Å²) in [7, 11) is 4.91. The van der Waals surface area contributed by atoms with E-state index in [4.69, 9.17) is 19.2 Å². The van der Waals surface area contributed by atoms with Gasteiger partial charge >= 0.3 is 5.97 Å². The molecule has 0 radical (unpaired) electrons. The Bertz CT molecular complexity index is 1270. The topological polar surface area (TPSA) is 80.7 Å². The van der Waals surface area contributed by atoms with E-state index in [0.29, 0.717) is 40.0 Å². The number of aliphatic imine (C=N–C) groups is 1. The molecule has 9 heteroatoms. The third-order valence-electron chi connectivity index (χ3n) is 6.39. The van der Waals surface area contributed by atoms with Crippen LogP contribution in [0.25, 0.3) is 0 Å². The minimum atomic E-state index is -0.623. The second-order valence-corrected chi connectivity index (χ2v) is 9.46. The number of nitrogens with zero attached hydrogens (tertiary/aromatic N) is 3. The smallest absolute Gasteiger partial charge is 0.338 e. The highest BCUT2D eigenvalue weighted by Crippen LogP contribution is 2.48. The normalized spacial score (nSPS) is 16.6. The lowest BCUT2D eigenvalue weighted by atomic mass is 9.92. The van der Waals surface area contributed by atoms with Crippen LogP contribution in [0.4, 0.5) is 0 Å². The van der Waals surface area contributed by atoms with E-state index in [1.165, 1.54) is 11.8 Å². The number of amides is 1. The minimum Gasteiger partial charge on any atom is -0.493 e. The summed E-state index contributed by atoms with van der Waals surface area (Å²) >= 11 is 1.43. The second kappa shape index (κ2) is 11.6. The lowest BCUT2D eigenvalue weighted by Gasteiger charge is -2.37. The van der Waals surface area contributed by atoms with Gasteiger partial charge in [0.25, 0.3) is 0 Å². The van der Waals surface area contributed by atoms with Gasteiger partial charge in [0.15, 0.2) is 16.7 Å². The zero-order valence-electron chi connectivity index (χ0n) is 21.7. The largest absolute Gasteiger partial charge is 0.493 e. The molecule has 2 aliphatic heterocycles. The van der Waals surface area contributed by atoms with Crippen LogP contribution in [0.3, 0.4) is 0 Å². The first-order valence-electron chi connectivity index (χ1n) is 12.0. The number of esters is 1. The molecule has 0 bridgehead atoms. The minimum absolute atomic E-state index is 0.0218. The van der Waals surface area contributed by atoms with Gasteiger partial charge in [-0.3, -0.25) is 4.79 Å². The molecule has 0 saturated heterocycles. The van der Waals surface area contributed by atoms with Crippen molar-refractivity contribution in [2.75, 3.05) is 27.8 Å². The fourth-order valence-corrected chi connectivity index (χ4v) is 5.28. The van der Waals surface area contributed by atoms with Gasteiger partial charge in [-0.05, 0) is 30.9 Å². The number of benzene rings is 2. The molecular formula is C28H31N3O5S. The second-order valence-electron chi connectivity index (χ2n) is 8.62. The van der Waals surface area contributed by atoms with Gasteiger partial charge in [0.2, 0.25) is 5.91 Å². The highest BCUT2D eigenvalue weighted by molar-refractivity contribution is 8.16. The molecule has 194 valence electrons. The number of para-hydroxylation sites is 1. The van der Waals surface area contributed by atoms with Crippen LogP contribution >= 0.6 is 11.8 Å². The van der Waals surface area contributed by atoms with Gasteiger partial charge < -0.3 is 24.0 Å².